The van der Waals surface area contributed by atoms with Gasteiger partial charge in [-0.25, -0.2) is 4.39 Å². The normalized spacial score (nSPS) is 19.8. The number of aliphatic hydroxyl groups is 1. The van der Waals surface area contributed by atoms with Crippen molar-refractivity contribution in [2.45, 2.75) is 6.42 Å². The third-order valence-corrected chi connectivity index (χ3v) is 2.99. The number of hydrogen-bond acceptors (Lipinski definition) is 3. The molecule has 1 atom stereocenters. The minimum atomic E-state index is -0.479. The lowest BCUT2D eigenvalue weighted by Gasteiger charge is -2.19. The number of anilines is 1. The van der Waals surface area contributed by atoms with Gasteiger partial charge >= 0.3 is 0 Å². The van der Waals surface area contributed by atoms with Gasteiger partial charge in [-0.15, -0.1) is 0 Å². The first-order valence-corrected chi connectivity index (χ1v) is 5.30. The van der Waals surface area contributed by atoms with Gasteiger partial charge in [-0.2, -0.15) is 5.26 Å². The molecular weight excluding hydrogens is 207 g/mol. The second kappa shape index (κ2) is 4.50. The van der Waals surface area contributed by atoms with Crippen LogP contribution in [0.25, 0.3) is 0 Å². The summed E-state index contributed by atoms with van der Waals surface area (Å²) < 4.78 is 13.4. The maximum Gasteiger partial charge on any atom is 0.143 e. The monoisotopic (exact) mass is 220 g/mol. The van der Waals surface area contributed by atoms with Crippen LogP contribution in [0.4, 0.5) is 10.1 Å². The number of nitrogens with zero attached hydrogens (tertiary/aromatic N) is 2. The highest BCUT2D eigenvalue weighted by Crippen LogP contribution is 2.27. The Bertz CT molecular complexity index is 428. The highest BCUT2D eigenvalue weighted by atomic mass is 19.1. The minimum absolute atomic E-state index is 0.0982. The van der Waals surface area contributed by atoms with Crippen molar-refractivity contribution in [2.75, 3.05) is 24.6 Å². The van der Waals surface area contributed by atoms with E-state index in [-0.39, 0.29) is 18.1 Å². The lowest BCUT2D eigenvalue weighted by molar-refractivity contribution is 0.238. The molecule has 1 fully saturated rings. The van der Waals surface area contributed by atoms with Crippen molar-refractivity contribution in [3.8, 4) is 6.07 Å². The van der Waals surface area contributed by atoms with Crippen LogP contribution in [-0.2, 0) is 0 Å². The Labute approximate surface area is 93.7 Å². The maximum atomic E-state index is 13.4. The largest absolute Gasteiger partial charge is 0.396 e. The smallest absolute Gasteiger partial charge is 0.143 e. The van der Waals surface area contributed by atoms with Gasteiger partial charge in [0.2, 0.25) is 0 Å². The molecule has 0 saturated carbocycles. The van der Waals surface area contributed by atoms with Crippen molar-refractivity contribution in [3.63, 3.8) is 0 Å². The Morgan fingerprint density at radius 1 is 1.56 bits per heavy atom. The number of nitriles is 1. The van der Waals surface area contributed by atoms with Crippen LogP contribution < -0.4 is 4.90 Å². The van der Waals surface area contributed by atoms with Gasteiger partial charge in [-0.1, -0.05) is 6.07 Å². The van der Waals surface area contributed by atoms with Gasteiger partial charge in [0.25, 0.3) is 0 Å². The van der Waals surface area contributed by atoms with E-state index in [1.807, 2.05) is 11.0 Å². The second-order valence-electron chi connectivity index (χ2n) is 4.03. The number of aliphatic hydroxyl groups excluding tert-OH is 1. The number of benzene rings is 1. The Kier molecular flexibility index (Phi) is 3.07. The number of hydrogen-bond donors (Lipinski definition) is 1. The Morgan fingerprint density at radius 2 is 2.38 bits per heavy atom. The van der Waals surface area contributed by atoms with E-state index >= 15 is 0 Å². The molecule has 1 unspecified atom stereocenters. The van der Waals surface area contributed by atoms with Crippen LogP contribution in [0.15, 0.2) is 18.2 Å². The molecule has 0 bridgehead atoms. The second-order valence-corrected chi connectivity index (χ2v) is 4.03. The fraction of sp³-hybridized carbons (Fsp3) is 0.417. The van der Waals surface area contributed by atoms with Crippen LogP contribution in [-0.4, -0.2) is 24.8 Å². The molecule has 0 aliphatic carbocycles. The third kappa shape index (κ3) is 1.86. The summed E-state index contributed by atoms with van der Waals surface area (Å²) >= 11 is 0. The summed E-state index contributed by atoms with van der Waals surface area (Å²) in [7, 11) is 0. The molecule has 0 aromatic heterocycles. The first kappa shape index (κ1) is 10.9. The molecule has 0 radical (unpaired) electrons. The zero-order chi connectivity index (χ0) is 11.5. The Balaban J connectivity index is 2.28. The van der Waals surface area contributed by atoms with Gasteiger partial charge in [0.05, 0.1) is 5.69 Å². The van der Waals surface area contributed by atoms with Crippen LogP contribution in [0.3, 0.4) is 0 Å². The fourth-order valence-corrected chi connectivity index (χ4v) is 2.09. The van der Waals surface area contributed by atoms with Crippen LogP contribution >= 0.6 is 0 Å². The summed E-state index contributed by atoms with van der Waals surface area (Å²) in [6.45, 7) is 1.60. The van der Waals surface area contributed by atoms with E-state index in [2.05, 4.69) is 0 Å². The first-order chi connectivity index (χ1) is 7.76. The highest BCUT2D eigenvalue weighted by Gasteiger charge is 2.24. The van der Waals surface area contributed by atoms with E-state index < -0.39 is 5.82 Å². The van der Waals surface area contributed by atoms with E-state index in [1.165, 1.54) is 6.07 Å². The fourth-order valence-electron chi connectivity index (χ4n) is 2.09. The quantitative estimate of drug-likeness (QED) is 0.822. The van der Waals surface area contributed by atoms with E-state index in [0.29, 0.717) is 12.2 Å². The number of halogens is 1. The summed E-state index contributed by atoms with van der Waals surface area (Å²) in [5, 5.41) is 18.0. The Morgan fingerprint density at radius 3 is 3.00 bits per heavy atom. The van der Waals surface area contributed by atoms with Gasteiger partial charge in [0.1, 0.15) is 17.4 Å². The molecule has 1 saturated heterocycles. The molecule has 1 aromatic rings. The van der Waals surface area contributed by atoms with E-state index in [1.54, 1.807) is 12.1 Å². The van der Waals surface area contributed by atoms with E-state index in [9.17, 15) is 4.39 Å². The van der Waals surface area contributed by atoms with Gasteiger partial charge in [0, 0.05) is 25.6 Å². The van der Waals surface area contributed by atoms with Crippen molar-refractivity contribution in [1.82, 2.24) is 0 Å². The summed E-state index contributed by atoms with van der Waals surface area (Å²) in [5.74, 6) is -0.248. The molecular formula is C12H13FN2O. The van der Waals surface area contributed by atoms with Gasteiger partial charge in [-0.3, -0.25) is 0 Å². The van der Waals surface area contributed by atoms with Gasteiger partial charge < -0.3 is 10.0 Å². The standard InChI is InChI=1S/C12H13FN2O/c13-11-2-1-3-12(10(11)6-14)15-5-4-9(7-15)8-16/h1-3,9,16H,4-5,7-8H2. The summed E-state index contributed by atoms with van der Waals surface area (Å²) in [6.07, 6.45) is 0.887. The van der Waals surface area contributed by atoms with E-state index in [4.69, 9.17) is 10.4 Å². The lowest BCUT2D eigenvalue weighted by atomic mass is 10.1. The van der Waals surface area contributed by atoms with E-state index in [0.717, 1.165) is 13.0 Å². The number of rotatable bonds is 2. The SMILES string of the molecule is N#Cc1c(F)cccc1N1CCC(CO)C1. The van der Waals surface area contributed by atoms with Gasteiger partial charge in [-0.05, 0) is 18.6 Å². The summed E-state index contributed by atoms with van der Waals surface area (Å²) in [6, 6.07) is 6.55. The molecule has 4 heteroatoms. The molecule has 2 rings (SSSR count). The molecule has 1 N–H and O–H groups in total. The van der Waals surface area contributed by atoms with Crippen molar-refractivity contribution >= 4 is 5.69 Å². The van der Waals surface area contributed by atoms with Crippen LogP contribution in [0.1, 0.15) is 12.0 Å². The van der Waals surface area contributed by atoms with Crippen molar-refractivity contribution in [3.05, 3.63) is 29.6 Å². The van der Waals surface area contributed by atoms with Crippen molar-refractivity contribution in [1.29, 1.82) is 5.26 Å². The molecule has 0 spiro atoms. The molecule has 1 aromatic carbocycles. The van der Waals surface area contributed by atoms with Crippen LogP contribution in [0.5, 0.6) is 0 Å². The van der Waals surface area contributed by atoms with Gasteiger partial charge in [0.15, 0.2) is 0 Å². The summed E-state index contributed by atoms with van der Waals surface area (Å²) in [5.41, 5.74) is 0.736. The molecule has 0 amide bonds. The first-order valence-electron chi connectivity index (χ1n) is 5.30. The van der Waals surface area contributed by atoms with Crippen molar-refractivity contribution in [2.24, 2.45) is 5.92 Å². The molecule has 3 nitrogen and oxygen atoms in total. The Hall–Kier alpha value is -1.60. The molecule has 84 valence electrons. The molecule has 1 heterocycles. The zero-order valence-electron chi connectivity index (χ0n) is 8.86. The molecule has 16 heavy (non-hydrogen) atoms. The minimum Gasteiger partial charge on any atom is -0.396 e. The topological polar surface area (TPSA) is 47.3 Å². The van der Waals surface area contributed by atoms with Crippen LogP contribution in [0.2, 0.25) is 0 Å². The maximum absolute atomic E-state index is 13.4. The molecule has 1 aliphatic rings. The van der Waals surface area contributed by atoms with Crippen LogP contribution in [0, 0.1) is 23.1 Å². The van der Waals surface area contributed by atoms with Crippen molar-refractivity contribution < 1.29 is 9.50 Å². The lowest BCUT2D eigenvalue weighted by Crippen LogP contribution is -2.21. The zero-order valence-corrected chi connectivity index (χ0v) is 8.86. The summed E-state index contributed by atoms with van der Waals surface area (Å²) in [4.78, 5) is 1.96. The predicted octanol–water partition coefficient (Wildman–Crippen LogP) is 1.52. The average Bonchev–Trinajstić information content (AvgIpc) is 2.77. The predicted molar refractivity (Wildman–Crippen MR) is 58.5 cm³/mol. The average molecular weight is 220 g/mol. The third-order valence-electron chi connectivity index (χ3n) is 2.99. The molecule has 1 aliphatic heterocycles. The highest BCUT2D eigenvalue weighted by molar-refractivity contribution is 5.60.